The van der Waals surface area contributed by atoms with Crippen molar-refractivity contribution in [1.29, 1.82) is 0 Å². The summed E-state index contributed by atoms with van der Waals surface area (Å²) in [6.07, 6.45) is 3.70. The number of furan rings is 1. The van der Waals surface area contributed by atoms with Crippen molar-refractivity contribution in [3.8, 4) is 0 Å². The molecule has 1 rings (SSSR count). The molecular weight excluding hydrogens is 282 g/mol. The first kappa shape index (κ1) is 14.7. The first-order valence-corrected chi connectivity index (χ1v) is 6.89. The van der Waals surface area contributed by atoms with Crippen LogP contribution in [-0.4, -0.2) is 19.3 Å². The van der Waals surface area contributed by atoms with E-state index in [4.69, 9.17) is 9.15 Å². The van der Waals surface area contributed by atoms with Crippen LogP contribution in [0, 0.1) is 0 Å². The Morgan fingerprint density at radius 3 is 2.65 bits per heavy atom. The summed E-state index contributed by atoms with van der Waals surface area (Å²) in [6.45, 7) is 7.32. The molecule has 0 amide bonds. The molecule has 0 aliphatic heterocycles. The van der Waals surface area contributed by atoms with E-state index in [-0.39, 0.29) is 11.6 Å². The van der Waals surface area contributed by atoms with E-state index in [1.165, 1.54) is 0 Å². The van der Waals surface area contributed by atoms with E-state index in [2.05, 4.69) is 42.0 Å². The average Bonchev–Trinajstić information content (AvgIpc) is 2.75. The summed E-state index contributed by atoms with van der Waals surface area (Å²) in [5, 5.41) is 3.51. The van der Waals surface area contributed by atoms with Crippen LogP contribution in [0.1, 0.15) is 45.4 Å². The Balaban J connectivity index is 2.99. The molecule has 0 aliphatic carbocycles. The van der Waals surface area contributed by atoms with Crippen molar-refractivity contribution in [2.24, 2.45) is 0 Å². The molecule has 4 heteroatoms. The fraction of sp³-hybridized carbons (Fsp3) is 0.692. The van der Waals surface area contributed by atoms with Crippen LogP contribution in [0.3, 0.4) is 0 Å². The molecule has 1 heterocycles. The second-order valence-electron chi connectivity index (χ2n) is 4.39. The summed E-state index contributed by atoms with van der Waals surface area (Å²) in [5.74, 6) is 0.907. The van der Waals surface area contributed by atoms with Crippen molar-refractivity contribution in [2.45, 2.75) is 45.3 Å². The normalized spacial score (nSPS) is 16.8. The van der Waals surface area contributed by atoms with Crippen LogP contribution >= 0.6 is 15.9 Å². The molecule has 3 nitrogen and oxygen atoms in total. The van der Waals surface area contributed by atoms with E-state index in [0.717, 1.165) is 29.6 Å². The number of rotatable bonds is 7. The summed E-state index contributed by atoms with van der Waals surface area (Å²) in [5.41, 5.74) is -0.268. The molecule has 0 spiro atoms. The highest BCUT2D eigenvalue weighted by atomic mass is 79.9. The van der Waals surface area contributed by atoms with E-state index in [9.17, 15) is 0 Å². The van der Waals surface area contributed by atoms with E-state index >= 15 is 0 Å². The number of ether oxygens (including phenoxy) is 1. The van der Waals surface area contributed by atoms with Gasteiger partial charge in [-0.3, -0.25) is 0 Å². The summed E-state index contributed by atoms with van der Waals surface area (Å²) in [7, 11) is 1.75. The summed E-state index contributed by atoms with van der Waals surface area (Å²) < 4.78 is 12.3. The second-order valence-corrected chi connectivity index (χ2v) is 5.24. The molecule has 0 saturated heterocycles. The van der Waals surface area contributed by atoms with Gasteiger partial charge >= 0.3 is 0 Å². The van der Waals surface area contributed by atoms with Crippen LogP contribution in [0.4, 0.5) is 0 Å². The smallest absolute Gasteiger partial charge is 0.137 e. The third-order valence-corrected chi connectivity index (χ3v) is 3.94. The zero-order valence-corrected chi connectivity index (χ0v) is 12.6. The Kier molecular flexibility index (Phi) is 5.70. The van der Waals surface area contributed by atoms with Crippen molar-refractivity contribution in [2.75, 3.05) is 13.7 Å². The molecule has 0 aromatic carbocycles. The first-order valence-electron chi connectivity index (χ1n) is 6.10. The fourth-order valence-electron chi connectivity index (χ4n) is 1.85. The number of nitrogens with one attached hydrogen (secondary N) is 1. The average molecular weight is 304 g/mol. The number of hydrogen-bond acceptors (Lipinski definition) is 3. The van der Waals surface area contributed by atoms with E-state index in [1.54, 1.807) is 13.4 Å². The van der Waals surface area contributed by atoms with Crippen LogP contribution in [-0.2, 0) is 4.74 Å². The molecule has 0 bridgehead atoms. The largest absolute Gasteiger partial charge is 0.466 e. The molecule has 0 fully saturated rings. The van der Waals surface area contributed by atoms with Crippen molar-refractivity contribution in [3.05, 3.63) is 22.6 Å². The lowest BCUT2D eigenvalue weighted by molar-refractivity contribution is -0.0355. The number of hydrogen-bond donors (Lipinski definition) is 1. The minimum atomic E-state index is -0.268. The monoisotopic (exact) mass is 303 g/mol. The molecule has 1 aromatic heterocycles. The van der Waals surface area contributed by atoms with Crippen molar-refractivity contribution in [1.82, 2.24) is 5.32 Å². The van der Waals surface area contributed by atoms with Crippen LogP contribution in [0.25, 0.3) is 0 Å². The Morgan fingerprint density at radius 2 is 2.24 bits per heavy atom. The van der Waals surface area contributed by atoms with Gasteiger partial charge in [0, 0.05) is 7.11 Å². The molecule has 2 unspecified atom stereocenters. The Bertz CT molecular complexity index is 334. The molecule has 2 atom stereocenters. The maximum atomic E-state index is 5.68. The highest BCUT2D eigenvalue weighted by Crippen LogP contribution is 2.35. The Morgan fingerprint density at radius 1 is 1.53 bits per heavy atom. The fourth-order valence-corrected chi connectivity index (χ4v) is 2.28. The van der Waals surface area contributed by atoms with Crippen LogP contribution in [0.5, 0.6) is 0 Å². The lowest BCUT2D eigenvalue weighted by Gasteiger charge is -2.35. The third-order valence-electron chi connectivity index (χ3n) is 3.28. The van der Waals surface area contributed by atoms with Gasteiger partial charge in [0.2, 0.25) is 0 Å². The molecule has 0 radical (unpaired) electrons. The number of methoxy groups -OCH3 is 1. The van der Waals surface area contributed by atoms with E-state index in [0.29, 0.717) is 0 Å². The Hall–Kier alpha value is -0.320. The predicted octanol–water partition coefficient (Wildman–Crippen LogP) is 3.90. The Labute approximate surface area is 112 Å². The minimum absolute atomic E-state index is 0.0572. The summed E-state index contributed by atoms with van der Waals surface area (Å²) >= 11 is 3.52. The highest BCUT2D eigenvalue weighted by Gasteiger charge is 2.36. The quantitative estimate of drug-likeness (QED) is 0.829. The predicted molar refractivity (Wildman–Crippen MR) is 73.1 cm³/mol. The van der Waals surface area contributed by atoms with Gasteiger partial charge in [-0.25, -0.2) is 0 Å². The zero-order valence-electron chi connectivity index (χ0n) is 11.0. The van der Waals surface area contributed by atoms with Crippen molar-refractivity contribution in [3.63, 3.8) is 0 Å². The molecule has 0 aliphatic rings. The van der Waals surface area contributed by atoms with Gasteiger partial charge in [0.15, 0.2) is 0 Å². The summed E-state index contributed by atoms with van der Waals surface area (Å²) in [6, 6.07) is 1.98. The van der Waals surface area contributed by atoms with Gasteiger partial charge in [-0.15, -0.1) is 0 Å². The third kappa shape index (κ3) is 3.33. The maximum absolute atomic E-state index is 5.68. The summed E-state index contributed by atoms with van der Waals surface area (Å²) in [4.78, 5) is 0. The van der Waals surface area contributed by atoms with Gasteiger partial charge in [0.05, 0.1) is 22.4 Å². The van der Waals surface area contributed by atoms with Crippen LogP contribution in [0.15, 0.2) is 21.2 Å². The maximum Gasteiger partial charge on any atom is 0.137 e. The lowest BCUT2D eigenvalue weighted by atomic mass is 9.91. The molecule has 98 valence electrons. The lowest BCUT2D eigenvalue weighted by Crippen LogP contribution is -2.43. The first-order chi connectivity index (χ1) is 8.09. The van der Waals surface area contributed by atoms with Crippen LogP contribution in [0.2, 0.25) is 0 Å². The number of halogens is 1. The topological polar surface area (TPSA) is 34.4 Å². The molecule has 1 N–H and O–H groups in total. The van der Waals surface area contributed by atoms with Crippen molar-refractivity contribution < 1.29 is 9.15 Å². The van der Waals surface area contributed by atoms with Gasteiger partial charge in [-0.2, -0.15) is 0 Å². The van der Waals surface area contributed by atoms with E-state index in [1.807, 2.05) is 6.07 Å². The van der Waals surface area contributed by atoms with Gasteiger partial charge < -0.3 is 14.5 Å². The second kappa shape index (κ2) is 6.57. The minimum Gasteiger partial charge on any atom is -0.466 e. The van der Waals surface area contributed by atoms with Gasteiger partial charge in [-0.1, -0.05) is 13.8 Å². The SMILES string of the molecule is CCCNC(c1occc1Br)C(C)(CC)OC. The zero-order chi connectivity index (χ0) is 12.9. The van der Waals surface area contributed by atoms with Gasteiger partial charge in [-0.05, 0) is 48.3 Å². The van der Waals surface area contributed by atoms with Crippen molar-refractivity contribution >= 4 is 15.9 Å². The molecule has 17 heavy (non-hydrogen) atoms. The van der Waals surface area contributed by atoms with Crippen LogP contribution < -0.4 is 5.32 Å². The van der Waals surface area contributed by atoms with Gasteiger partial charge in [0.25, 0.3) is 0 Å². The molecule has 1 aromatic rings. The van der Waals surface area contributed by atoms with E-state index < -0.39 is 0 Å². The van der Waals surface area contributed by atoms with Gasteiger partial charge in [0.1, 0.15) is 5.76 Å². The molecule has 0 saturated carbocycles. The standard InChI is InChI=1S/C13H22BrNO2/c1-5-8-15-12(13(3,6-2)16-4)11-10(14)7-9-17-11/h7,9,12,15H,5-6,8H2,1-4H3. The highest BCUT2D eigenvalue weighted by molar-refractivity contribution is 9.10. The molecular formula is C13H22BrNO2.